The quantitative estimate of drug-likeness (QED) is 0.735. The normalized spacial score (nSPS) is 16.3. The first kappa shape index (κ1) is 17.2. The molecule has 1 heterocycles. The maximum Gasteiger partial charge on any atom is 0.226 e. The Labute approximate surface area is 136 Å². The molecule has 5 nitrogen and oxygen atoms in total. The number of methoxy groups -OCH3 is 1. The van der Waals surface area contributed by atoms with Crippen molar-refractivity contribution in [2.75, 3.05) is 7.11 Å². The molecule has 3 N–H and O–H groups in total. The van der Waals surface area contributed by atoms with E-state index in [9.17, 15) is 9.90 Å². The molecule has 1 aromatic heterocycles. The molecule has 0 bridgehead atoms. The van der Waals surface area contributed by atoms with E-state index in [0.717, 1.165) is 11.3 Å². The van der Waals surface area contributed by atoms with Crippen molar-refractivity contribution in [2.45, 2.75) is 32.1 Å². The van der Waals surface area contributed by atoms with Gasteiger partial charge in [-0.3, -0.25) is 4.79 Å². The molecule has 23 heavy (non-hydrogen) atoms. The van der Waals surface area contributed by atoms with Gasteiger partial charge < -0.3 is 20.1 Å². The summed E-state index contributed by atoms with van der Waals surface area (Å²) >= 11 is 0. The number of benzene rings is 1. The standard InChI is InChI=1S/C18H24N2O3/c1-12(17(23-3)15-10-7-11-19-15)18(22)20-13(2)16(21)14-8-5-4-6-9-14/h4-13,16-17,19,21H,1-3H3,(H,20,22)/t12-,13+,16+,17-/m1/s1. The lowest BCUT2D eigenvalue weighted by molar-refractivity contribution is -0.130. The number of hydrogen-bond acceptors (Lipinski definition) is 3. The van der Waals surface area contributed by atoms with E-state index in [1.807, 2.05) is 49.4 Å². The summed E-state index contributed by atoms with van der Waals surface area (Å²) in [6.07, 6.45) is 0.693. The van der Waals surface area contributed by atoms with Crippen molar-refractivity contribution in [2.24, 2.45) is 5.92 Å². The van der Waals surface area contributed by atoms with Crippen LogP contribution in [0.2, 0.25) is 0 Å². The van der Waals surface area contributed by atoms with Crippen LogP contribution in [0.15, 0.2) is 48.7 Å². The Morgan fingerprint density at radius 1 is 1.17 bits per heavy atom. The van der Waals surface area contributed by atoms with Crippen molar-refractivity contribution in [1.82, 2.24) is 10.3 Å². The number of carbonyl (C=O) groups is 1. The molecule has 0 spiro atoms. The molecule has 1 amide bonds. The largest absolute Gasteiger partial charge is 0.386 e. The van der Waals surface area contributed by atoms with Gasteiger partial charge in [0, 0.05) is 19.0 Å². The Morgan fingerprint density at radius 2 is 1.87 bits per heavy atom. The van der Waals surface area contributed by atoms with Crippen molar-refractivity contribution in [3.05, 3.63) is 59.9 Å². The number of carbonyl (C=O) groups excluding carboxylic acids is 1. The van der Waals surface area contributed by atoms with E-state index in [1.54, 1.807) is 20.2 Å². The Morgan fingerprint density at radius 3 is 2.43 bits per heavy atom. The van der Waals surface area contributed by atoms with Gasteiger partial charge in [-0.05, 0) is 24.6 Å². The molecular formula is C18H24N2O3. The molecule has 2 rings (SSSR count). The molecular weight excluding hydrogens is 292 g/mol. The molecule has 124 valence electrons. The summed E-state index contributed by atoms with van der Waals surface area (Å²) in [4.78, 5) is 15.5. The highest BCUT2D eigenvalue weighted by Crippen LogP contribution is 2.25. The van der Waals surface area contributed by atoms with Crippen LogP contribution in [0.25, 0.3) is 0 Å². The minimum atomic E-state index is -0.751. The molecule has 2 aromatic rings. The first-order valence-corrected chi connectivity index (χ1v) is 7.74. The lowest BCUT2D eigenvalue weighted by atomic mass is 9.98. The number of nitrogens with one attached hydrogen (secondary N) is 2. The van der Waals surface area contributed by atoms with Gasteiger partial charge in [-0.2, -0.15) is 0 Å². The monoisotopic (exact) mass is 316 g/mol. The maximum absolute atomic E-state index is 12.5. The summed E-state index contributed by atoms with van der Waals surface area (Å²) in [7, 11) is 1.58. The van der Waals surface area contributed by atoms with Crippen molar-refractivity contribution in [3.8, 4) is 0 Å². The van der Waals surface area contributed by atoms with E-state index in [2.05, 4.69) is 10.3 Å². The van der Waals surface area contributed by atoms with E-state index in [0.29, 0.717) is 0 Å². The van der Waals surface area contributed by atoms with Crippen LogP contribution >= 0.6 is 0 Å². The van der Waals surface area contributed by atoms with Crippen LogP contribution in [0.3, 0.4) is 0 Å². The molecule has 0 aliphatic carbocycles. The molecule has 0 saturated heterocycles. The third-order valence-electron chi connectivity index (χ3n) is 4.03. The predicted octanol–water partition coefficient (Wildman–Crippen LogP) is 2.58. The fraction of sp³-hybridized carbons (Fsp3) is 0.389. The highest BCUT2D eigenvalue weighted by atomic mass is 16.5. The number of amides is 1. The number of ether oxygens (including phenoxy) is 1. The predicted molar refractivity (Wildman–Crippen MR) is 88.7 cm³/mol. The minimum Gasteiger partial charge on any atom is -0.386 e. The summed E-state index contributed by atoms with van der Waals surface area (Å²) in [6, 6.07) is 12.7. The molecule has 4 atom stereocenters. The Kier molecular flexibility index (Phi) is 5.96. The third-order valence-corrected chi connectivity index (χ3v) is 4.03. The van der Waals surface area contributed by atoms with Crippen molar-refractivity contribution in [3.63, 3.8) is 0 Å². The van der Waals surface area contributed by atoms with Crippen LogP contribution in [0.4, 0.5) is 0 Å². The molecule has 1 aromatic carbocycles. The van der Waals surface area contributed by atoms with Crippen LogP contribution in [-0.4, -0.2) is 29.1 Å². The zero-order chi connectivity index (χ0) is 16.8. The van der Waals surface area contributed by atoms with E-state index in [-0.39, 0.29) is 17.9 Å². The summed E-state index contributed by atoms with van der Waals surface area (Å²) < 4.78 is 5.45. The number of aromatic amines is 1. The highest BCUT2D eigenvalue weighted by molar-refractivity contribution is 5.79. The SMILES string of the molecule is CO[C@@H](c1ccc[nH]1)[C@@H](C)C(=O)N[C@@H](C)[C@H](O)c1ccccc1. The molecule has 0 aliphatic heterocycles. The summed E-state index contributed by atoms with van der Waals surface area (Å²) in [6.45, 7) is 3.60. The Balaban J connectivity index is 2.00. The fourth-order valence-corrected chi connectivity index (χ4v) is 2.63. The number of aliphatic hydroxyl groups is 1. The maximum atomic E-state index is 12.5. The second kappa shape index (κ2) is 7.94. The van der Waals surface area contributed by atoms with E-state index in [4.69, 9.17) is 4.74 Å². The topological polar surface area (TPSA) is 74.4 Å². The zero-order valence-electron chi connectivity index (χ0n) is 13.7. The number of hydrogen-bond donors (Lipinski definition) is 3. The van der Waals surface area contributed by atoms with Gasteiger partial charge in [0.15, 0.2) is 0 Å². The van der Waals surface area contributed by atoms with Gasteiger partial charge in [-0.15, -0.1) is 0 Å². The number of rotatable bonds is 7. The average molecular weight is 316 g/mol. The van der Waals surface area contributed by atoms with Crippen molar-refractivity contribution < 1.29 is 14.6 Å². The average Bonchev–Trinajstić information content (AvgIpc) is 3.09. The van der Waals surface area contributed by atoms with Crippen LogP contribution in [0.1, 0.15) is 37.3 Å². The molecule has 0 aliphatic rings. The third kappa shape index (κ3) is 4.21. The van der Waals surface area contributed by atoms with Gasteiger partial charge in [0.1, 0.15) is 6.10 Å². The molecule has 0 radical (unpaired) electrons. The Bertz CT molecular complexity index is 598. The van der Waals surface area contributed by atoms with E-state index >= 15 is 0 Å². The summed E-state index contributed by atoms with van der Waals surface area (Å²) in [5, 5.41) is 13.2. The molecule has 0 fully saturated rings. The van der Waals surface area contributed by atoms with Crippen molar-refractivity contribution >= 4 is 5.91 Å². The molecule has 0 saturated carbocycles. The smallest absolute Gasteiger partial charge is 0.226 e. The van der Waals surface area contributed by atoms with Crippen LogP contribution in [0, 0.1) is 5.92 Å². The first-order valence-electron chi connectivity index (χ1n) is 7.74. The number of aliphatic hydroxyl groups excluding tert-OH is 1. The highest BCUT2D eigenvalue weighted by Gasteiger charge is 2.28. The minimum absolute atomic E-state index is 0.158. The van der Waals surface area contributed by atoms with Gasteiger partial charge in [0.25, 0.3) is 0 Å². The van der Waals surface area contributed by atoms with Gasteiger partial charge in [-0.1, -0.05) is 37.3 Å². The van der Waals surface area contributed by atoms with E-state index < -0.39 is 12.1 Å². The fourth-order valence-electron chi connectivity index (χ4n) is 2.63. The summed E-state index contributed by atoms with van der Waals surface area (Å²) in [5.74, 6) is -0.544. The van der Waals surface area contributed by atoms with Crippen LogP contribution < -0.4 is 5.32 Å². The van der Waals surface area contributed by atoms with E-state index in [1.165, 1.54) is 0 Å². The second-order valence-corrected chi connectivity index (χ2v) is 5.72. The lowest BCUT2D eigenvalue weighted by Crippen LogP contribution is -2.41. The second-order valence-electron chi connectivity index (χ2n) is 5.72. The van der Waals surface area contributed by atoms with Crippen LogP contribution in [-0.2, 0) is 9.53 Å². The molecule has 0 unspecified atom stereocenters. The van der Waals surface area contributed by atoms with Crippen molar-refractivity contribution in [1.29, 1.82) is 0 Å². The number of aromatic nitrogens is 1. The van der Waals surface area contributed by atoms with Gasteiger partial charge in [-0.25, -0.2) is 0 Å². The zero-order valence-corrected chi connectivity index (χ0v) is 13.7. The van der Waals surface area contributed by atoms with Crippen LogP contribution in [0.5, 0.6) is 0 Å². The Hall–Kier alpha value is -2.11. The first-order chi connectivity index (χ1) is 11.0. The molecule has 5 heteroatoms. The summed E-state index contributed by atoms with van der Waals surface area (Å²) in [5.41, 5.74) is 1.63. The van der Waals surface area contributed by atoms with Gasteiger partial charge in [0.05, 0.1) is 18.1 Å². The number of H-pyrrole nitrogens is 1. The van der Waals surface area contributed by atoms with Gasteiger partial charge >= 0.3 is 0 Å². The lowest BCUT2D eigenvalue weighted by Gasteiger charge is -2.25. The van der Waals surface area contributed by atoms with Gasteiger partial charge in [0.2, 0.25) is 5.91 Å².